The molecule has 0 N–H and O–H groups in total. The van der Waals surface area contributed by atoms with Crippen molar-refractivity contribution >= 4 is 75.4 Å². The maximum absolute atomic E-state index is 2.24. The summed E-state index contributed by atoms with van der Waals surface area (Å²) >= 11 is 0. The molecule has 0 bridgehead atoms. The van der Waals surface area contributed by atoms with Crippen molar-refractivity contribution in [2.24, 2.45) is 0 Å². The van der Waals surface area contributed by atoms with Gasteiger partial charge in [0.25, 0.3) is 0 Å². The molecule has 0 nitrogen and oxygen atoms in total. The zero-order chi connectivity index (χ0) is 105. The molecule has 20 rings (SSSR count). The van der Waals surface area contributed by atoms with Crippen LogP contribution < -0.4 is 0 Å². The Balaban J connectivity index is -0.000000347. The van der Waals surface area contributed by atoms with E-state index >= 15 is 0 Å². The monoisotopic (exact) mass is 1870 g/mol. The Kier molecular flexibility index (Phi) is 98.9. The van der Waals surface area contributed by atoms with Crippen LogP contribution in [-0.2, 0) is 0 Å². The van der Waals surface area contributed by atoms with Gasteiger partial charge in [-0.25, -0.2) is 0 Å². The molecule has 140 heavy (non-hydrogen) atoms. The van der Waals surface area contributed by atoms with E-state index in [2.05, 4.69) is 433 Å². The van der Waals surface area contributed by atoms with E-state index in [0.717, 1.165) is 0 Å². The second kappa shape index (κ2) is 101. The number of rotatable bonds is 3. The van der Waals surface area contributed by atoms with E-state index in [9.17, 15) is 0 Å². The van der Waals surface area contributed by atoms with Gasteiger partial charge in [-0.1, -0.05) is 723 Å². The second-order valence-corrected chi connectivity index (χ2v) is 26.1. The first-order valence-electron chi connectivity index (χ1n) is 52.3. The van der Waals surface area contributed by atoms with Crippen LogP contribution in [0.25, 0.3) is 109 Å². The van der Waals surface area contributed by atoms with Crippen molar-refractivity contribution in [3.05, 3.63) is 520 Å². The normalized spacial score (nSPS) is 8.41. The SMILES string of the molecule is C.CC.CC.CC.CC.CC.CC.CC.CC.CC.CC.CC.CC.CC.CC.CC.Cc1ccccc1.Cc1ccccc1.Cc1ccccc1.c1ccc(-c2ccccc2)cc1.c1ccc(-c2ccccc2)cc1.c1ccc(-c2ccccc2)cc1.c1ccc2c(c1)ccc1ccccc12.c1ccc2c(c1)ccc1ccccc12.c1ccc2cc3ccccc3cc2c1.c1ccc2ccccc2c1. The molecule has 0 saturated heterocycles. The van der Waals surface area contributed by atoms with Gasteiger partial charge in [-0.3, -0.25) is 0 Å². The van der Waals surface area contributed by atoms with Crippen molar-refractivity contribution in [3.8, 4) is 33.4 Å². The van der Waals surface area contributed by atoms with E-state index < -0.39 is 0 Å². The van der Waals surface area contributed by atoms with Crippen molar-refractivity contribution in [2.45, 2.75) is 236 Å². The number of hydrogen-bond donors (Lipinski definition) is 0. The first-order chi connectivity index (χ1) is 68.9. The maximum Gasteiger partial charge on any atom is -0.0105 e. The van der Waals surface area contributed by atoms with Gasteiger partial charge in [0.05, 0.1) is 0 Å². The molecule has 20 aromatic rings. The maximum atomic E-state index is 2.24. The zero-order valence-corrected chi connectivity index (χ0v) is 92.4. The van der Waals surface area contributed by atoms with Gasteiger partial charge in [0.1, 0.15) is 0 Å². The summed E-state index contributed by atoms with van der Waals surface area (Å²) in [5.74, 6) is 0. The van der Waals surface area contributed by atoms with Crippen LogP contribution in [-0.4, -0.2) is 0 Å². The van der Waals surface area contributed by atoms with Crippen LogP contribution in [0.4, 0.5) is 0 Å². The fraction of sp³-hybridized carbons (Fsp3) is 0.243. The van der Waals surface area contributed by atoms with Crippen LogP contribution in [0, 0.1) is 20.8 Å². The van der Waals surface area contributed by atoms with E-state index in [0.29, 0.717) is 0 Å². The van der Waals surface area contributed by atoms with Gasteiger partial charge >= 0.3 is 0 Å². The summed E-state index contributed by atoms with van der Waals surface area (Å²) in [6.07, 6.45) is 0. The molecule has 0 spiro atoms. The lowest BCUT2D eigenvalue weighted by Gasteiger charge is -2.02. The standard InChI is InChI=1S/3C14H10.3C12H10.C10H8.3C7H8.15C2H6.CH4/c2*1-3-7-13-11(5-1)9-10-12-6-2-4-8-14(12)13;1-2-6-12-10-14-8-4-3-7-13(14)9-11(12)5-1;3*1-3-7-11(8-4-1)12-9-5-2-6-10-12;1-2-6-10-8-4-3-7-9(10)5-1;3*1-7-5-3-2-4-6-7;15*1-2;/h3*1-10H;3*1-10H;1-8H;3*2-6H,1H3;15*1-2H3;1H4. The van der Waals surface area contributed by atoms with Gasteiger partial charge < -0.3 is 0 Å². The topological polar surface area (TPSA) is 0 Å². The third kappa shape index (κ3) is 58.1. The van der Waals surface area contributed by atoms with E-state index in [-0.39, 0.29) is 7.43 Å². The quantitative estimate of drug-likeness (QED) is 0.122. The highest BCUT2D eigenvalue weighted by atomic mass is 14.1. The van der Waals surface area contributed by atoms with E-state index in [1.165, 1.54) is 125 Å². The second-order valence-electron chi connectivity index (χ2n) is 26.1. The van der Waals surface area contributed by atoms with Crippen molar-refractivity contribution in [1.29, 1.82) is 0 Å². The average Bonchev–Trinajstić information content (AvgIpc) is 0.803. The highest BCUT2D eigenvalue weighted by Crippen LogP contribution is 2.28. The van der Waals surface area contributed by atoms with Crippen molar-refractivity contribution < 1.29 is 0 Å². The van der Waals surface area contributed by atoms with E-state index in [1.807, 2.05) is 299 Å². The van der Waals surface area contributed by atoms with Crippen LogP contribution in [0.15, 0.2) is 504 Å². The smallest absolute Gasteiger partial charge is 0.0105 e. The van der Waals surface area contributed by atoms with Gasteiger partial charge in [-0.2, -0.15) is 0 Å². The van der Waals surface area contributed by atoms with E-state index in [1.54, 1.807) is 0 Å². The van der Waals surface area contributed by atoms with E-state index in [4.69, 9.17) is 0 Å². The molecule has 0 saturated carbocycles. The summed E-state index contributed by atoms with van der Waals surface area (Å²) in [6, 6.07) is 174. The molecule has 0 amide bonds. The molecule has 0 atom stereocenters. The Morgan fingerprint density at radius 3 is 0.314 bits per heavy atom. The van der Waals surface area contributed by atoms with Crippen LogP contribution in [0.5, 0.6) is 0 Å². The highest BCUT2D eigenvalue weighted by molar-refractivity contribution is 6.08. The summed E-state index contributed by atoms with van der Waals surface area (Å²) < 4.78 is 0. The molecule has 0 aliphatic rings. The first kappa shape index (κ1) is 137. The molecule has 0 fully saturated rings. The molecule has 0 aromatic heterocycles. The van der Waals surface area contributed by atoms with Gasteiger partial charge in [0.15, 0.2) is 0 Å². The first-order valence-corrected chi connectivity index (χ1v) is 52.3. The molecule has 0 heterocycles. The predicted octanol–water partition coefficient (Wildman–Crippen LogP) is 46.9. The number of fused-ring (bicyclic) bond motifs is 9. The van der Waals surface area contributed by atoms with Crippen molar-refractivity contribution in [3.63, 3.8) is 0 Å². The highest BCUT2D eigenvalue weighted by Gasteiger charge is 2.01. The van der Waals surface area contributed by atoms with Crippen molar-refractivity contribution in [1.82, 2.24) is 0 Å². The molecule has 20 aromatic carbocycles. The Labute approximate surface area is 858 Å². The lowest BCUT2D eigenvalue weighted by molar-refractivity contribution is 1.48. The third-order valence-electron chi connectivity index (χ3n) is 18.0. The van der Waals surface area contributed by atoms with Gasteiger partial charge in [-0.05, 0) is 142 Å². The Morgan fingerprint density at radius 2 is 0.193 bits per heavy atom. The molecule has 746 valence electrons. The summed E-state index contributed by atoms with van der Waals surface area (Å²) in [7, 11) is 0. The summed E-state index contributed by atoms with van der Waals surface area (Å²) in [5.41, 5.74) is 11.6. The fourth-order valence-corrected chi connectivity index (χ4v) is 12.3. The molecule has 0 radical (unpaired) electrons. The summed E-state index contributed by atoms with van der Waals surface area (Å²) in [5, 5.41) is 18.5. The third-order valence-corrected chi connectivity index (χ3v) is 18.0. The number of aryl methyl sites for hydroxylation is 3. The van der Waals surface area contributed by atoms with Crippen LogP contribution in [0.3, 0.4) is 0 Å². The van der Waals surface area contributed by atoms with Gasteiger partial charge in [0.2, 0.25) is 0 Å². The Morgan fingerprint density at radius 1 is 0.0929 bits per heavy atom. The minimum Gasteiger partial charge on any atom is -0.0776 e. The molecule has 0 heteroatoms. The molecule has 0 aliphatic heterocycles. The van der Waals surface area contributed by atoms with Gasteiger partial charge in [-0.15, -0.1) is 0 Å². The van der Waals surface area contributed by atoms with Crippen molar-refractivity contribution in [2.75, 3.05) is 0 Å². The summed E-state index contributed by atoms with van der Waals surface area (Å²) in [6.45, 7) is 66.2. The lowest BCUT2D eigenvalue weighted by atomic mass is 10.0. The number of benzene rings is 20. The molecular weight excluding hydrogens is 1680 g/mol. The Hall–Kier alpha value is -13.8. The van der Waals surface area contributed by atoms with Crippen LogP contribution in [0.1, 0.15) is 232 Å². The summed E-state index contributed by atoms with van der Waals surface area (Å²) in [4.78, 5) is 0. The van der Waals surface area contributed by atoms with Crippen LogP contribution >= 0.6 is 0 Å². The minimum absolute atomic E-state index is 0. The van der Waals surface area contributed by atoms with Gasteiger partial charge in [0, 0.05) is 0 Å². The molecular formula is C140H186. The number of hydrogen-bond acceptors (Lipinski definition) is 0. The molecule has 0 aliphatic carbocycles. The minimum atomic E-state index is 0. The Bertz CT molecular complexity index is 5100. The average molecular weight is 1870 g/mol. The lowest BCUT2D eigenvalue weighted by Crippen LogP contribution is -1.75. The predicted molar refractivity (Wildman–Crippen MR) is 654 cm³/mol. The largest absolute Gasteiger partial charge is 0.0776 e. The zero-order valence-electron chi connectivity index (χ0n) is 92.4. The van der Waals surface area contributed by atoms with Crippen LogP contribution in [0.2, 0.25) is 0 Å². The molecule has 0 unspecified atom stereocenters. The fourth-order valence-electron chi connectivity index (χ4n) is 12.3.